The topological polar surface area (TPSA) is 103 Å². The van der Waals surface area contributed by atoms with Crippen molar-refractivity contribution >= 4 is 35.0 Å². The van der Waals surface area contributed by atoms with Crippen LogP contribution in [0.3, 0.4) is 0 Å². The van der Waals surface area contributed by atoms with Gasteiger partial charge in [-0.1, -0.05) is 17.8 Å². The molecule has 0 radical (unpaired) electrons. The molecule has 7 nitrogen and oxygen atoms in total. The van der Waals surface area contributed by atoms with Gasteiger partial charge in [0.15, 0.2) is 5.16 Å². The minimum Gasteiger partial charge on any atom is -0.351 e. The van der Waals surface area contributed by atoms with Crippen LogP contribution < -0.4 is 11.1 Å². The molecule has 2 aromatic rings. The van der Waals surface area contributed by atoms with Crippen molar-refractivity contribution in [2.45, 2.75) is 30.5 Å². The number of thiophene rings is 1. The molecule has 3 rings (SSSR count). The second-order valence-electron chi connectivity index (χ2n) is 4.96. The molecule has 0 atom stereocenters. The summed E-state index contributed by atoms with van der Waals surface area (Å²) in [6.45, 7) is 0. The number of hydrogen-bond donors (Lipinski definition) is 2. The number of carbonyl (C=O) groups is 2. The van der Waals surface area contributed by atoms with Gasteiger partial charge >= 0.3 is 6.03 Å². The highest BCUT2D eigenvalue weighted by molar-refractivity contribution is 7.99. The molecule has 1 aliphatic rings. The number of amides is 3. The van der Waals surface area contributed by atoms with E-state index in [1.165, 1.54) is 16.6 Å². The van der Waals surface area contributed by atoms with Gasteiger partial charge in [0.25, 0.3) is 0 Å². The molecule has 0 aromatic carbocycles. The maximum atomic E-state index is 11.5. The number of carbonyl (C=O) groups excluding carboxylic acids is 2. The Morgan fingerprint density at radius 1 is 1.45 bits per heavy atom. The zero-order valence-corrected chi connectivity index (χ0v) is 13.3. The van der Waals surface area contributed by atoms with Crippen LogP contribution in [-0.4, -0.2) is 32.5 Å². The molecule has 0 spiro atoms. The Morgan fingerprint density at radius 3 is 2.91 bits per heavy atom. The summed E-state index contributed by atoms with van der Waals surface area (Å²) in [6.07, 6.45) is 2.96. The molecule has 1 aliphatic carbocycles. The Kier molecular flexibility index (Phi) is 4.44. The number of urea groups is 1. The van der Waals surface area contributed by atoms with Crippen molar-refractivity contribution in [3.05, 3.63) is 28.2 Å². The fourth-order valence-corrected chi connectivity index (χ4v) is 3.62. The first kappa shape index (κ1) is 15.0. The van der Waals surface area contributed by atoms with E-state index in [-0.39, 0.29) is 5.75 Å². The summed E-state index contributed by atoms with van der Waals surface area (Å²) in [6, 6.07) is 3.67. The van der Waals surface area contributed by atoms with E-state index in [1.807, 2.05) is 16.8 Å². The van der Waals surface area contributed by atoms with Gasteiger partial charge in [0, 0.05) is 17.3 Å². The SMILES string of the molecule is NC(=O)NC(=O)CSc1nnc(Cc2cccs2)n1C1CC1. The molecule has 2 aromatic heterocycles. The Balaban J connectivity index is 1.70. The van der Waals surface area contributed by atoms with Crippen LogP contribution >= 0.6 is 23.1 Å². The van der Waals surface area contributed by atoms with Crippen molar-refractivity contribution in [1.82, 2.24) is 20.1 Å². The van der Waals surface area contributed by atoms with Crippen LogP contribution in [0.5, 0.6) is 0 Å². The van der Waals surface area contributed by atoms with Crippen molar-refractivity contribution in [3.8, 4) is 0 Å². The molecule has 3 amide bonds. The number of rotatable bonds is 6. The highest BCUT2D eigenvalue weighted by Gasteiger charge is 2.29. The molecular weight excluding hydrogens is 322 g/mol. The number of nitrogens with two attached hydrogens (primary N) is 1. The molecule has 0 unspecified atom stereocenters. The molecule has 116 valence electrons. The molecular formula is C13H15N5O2S2. The predicted octanol–water partition coefficient (Wildman–Crippen LogP) is 1.55. The Morgan fingerprint density at radius 2 is 2.27 bits per heavy atom. The predicted molar refractivity (Wildman–Crippen MR) is 83.9 cm³/mol. The van der Waals surface area contributed by atoms with E-state index in [4.69, 9.17) is 5.73 Å². The lowest BCUT2D eigenvalue weighted by Crippen LogP contribution is -2.36. The van der Waals surface area contributed by atoms with E-state index in [2.05, 4.69) is 20.8 Å². The van der Waals surface area contributed by atoms with Gasteiger partial charge in [-0.15, -0.1) is 21.5 Å². The Labute approximate surface area is 135 Å². The average Bonchev–Trinajstić information content (AvgIpc) is 3.01. The second-order valence-corrected chi connectivity index (χ2v) is 6.93. The lowest BCUT2D eigenvalue weighted by atomic mass is 10.3. The van der Waals surface area contributed by atoms with Gasteiger partial charge in [0.05, 0.1) is 5.75 Å². The summed E-state index contributed by atoms with van der Waals surface area (Å²) < 4.78 is 2.11. The molecule has 22 heavy (non-hydrogen) atoms. The quantitative estimate of drug-likeness (QED) is 0.779. The first-order chi connectivity index (χ1) is 10.6. The third-order valence-electron chi connectivity index (χ3n) is 3.15. The largest absolute Gasteiger partial charge is 0.351 e. The third-order valence-corrected chi connectivity index (χ3v) is 4.97. The number of nitrogens with one attached hydrogen (secondary N) is 1. The molecule has 1 fully saturated rings. The summed E-state index contributed by atoms with van der Waals surface area (Å²) in [7, 11) is 0. The van der Waals surface area contributed by atoms with Crippen LogP contribution in [0, 0.1) is 0 Å². The molecule has 0 bridgehead atoms. The Hall–Kier alpha value is -1.87. The van der Waals surface area contributed by atoms with Crippen LogP contribution in [0.15, 0.2) is 22.7 Å². The molecule has 0 saturated heterocycles. The summed E-state index contributed by atoms with van der Waals surface area (Å²) in [5.41, 5.74) is 4.92. The van der Waals surface area contributed by atoms with Crippen molar-refractivity contribution < 1.29 is 9.59 Å². The van der Waals surface area contributed by atoms with Gasteiger partial charge in [-0.3, -0.25) is 10.1 Å². The van der Waals surface area contributed by atoms with Crippen LogP contribution in [0.25, 0.3) is 0 Å². The summed E-state index contributed by atoms with van der Waals surface area (Å²) in [5.74, 6) is 0.581. The van der Waals surface area contributed by atoms with E-state index in [0.29, 0.717) is 11.2 Å². The van der Waals surface area contributed by atoms with Crippen LogP contribution in [0.2, 0.25) is 0 Å². The first-order valence-corrected chi connectivity index (χ1v) is 8.68. The molecule has 3 N–H and O–H groups in total. The van der Waals surface area contributed by atoms with Gasteiger partial charge in [0.2, 0.25) is 5.91 Å². The standard InChI is InChI=1S/C13H15N5O2S2/c14-12(20)15-11(19)7-22-13-17-16-10(18(13)8-3-4-8)6-9-2-1-5-21-9/h1-2,5,8H,3-4,6-7H2,(H3,14,15,19,20). The van der Waals surface area contributed by atoms with E-state index in [9.17, 15) is 9.59 Å². The maximum Gasteiger partial charge on any atom is 0.318 e. The third kappa shape index (κ3) is 3.66. The van der Waals surface area contributed by atoms with Crippen LogP contribution in [0.1, 0.15) is 29.6 Å². The minimum absolute atomic E-state index is 0.0901. The highest BCUT2D eigenvalue weighted by atomic mass is 32.2. The summed E-state index contributed by atoms with van der Waals surface area (Å²) in [5, 5.41) is 13.3. The number of primary amides is 1. The number of imide groups is 1. The smallest absolute Gasteiger partial charge is 0.318 e. The second kappa shape index (κ2) is 6.49. The zero-order chi connectivity index (χ0) is 15.5. The molecule has 2 heterocycles. The lowest BCUT2D eigenvalue weighted by Gasteiger charge is -2.07. The highest BCUT2D eigenvalue weighted by Crippen LogP contribution is 2.39. The van der Waals surface area contributed by atoms with Crippen molar-refractivity contribution in [3.63, 3.8) is 0 Å². The van der Waals surface area contributed by atoms with E-state index in [0.717, 1.165) is 25.1 Å². The van der Waals surface area contributed by atoms with E-state index in [1.54, 1.807) is 11.3 Å². The molecule has 9 heteroatoms. The van der Waals surface area contributed by atoms with Gasteiger partial charge in [0.1, 0.15) is 5.82 Å². The first-order valence-electron chi connectivity index (χ1n) is 6.81. The van der Waals surface area contributed by atoms with Crippen LogP contribution in [0.4, 0.5) is 4.79 Å². The van der Waals surface area contributed by atoms with Crippen molar-refractivity contribution in [2.24, 2.45) is 5.73 Å². The number of aromatic nitrogens is 3. The monoisotopic (exact) mass is 337 g/mol. The fraction of sp³-hybridized carbons (Fsp3) is 0.385. The number of thioether (sulfide) groups is 1. The van der Waals surface area contributed by atoms with Gasteiger partial charge in [-0.2, -0.15) is 0 Å². The fourth-order valence-electron chi connectivity index (χ4n) is 2.10. The van der Waals surface area contributed by atoms with Gasteiger partial charge in [-0.05, 0) is 24.3 Å². The number of hydrogen-bond acceptors (Lipinski definition) is 6. The minimum atomic E-state index is -0.840. The Bertz CT molecular complexity index is 679. The van der Waals surface area contributed by atoms with Crippen molar-refractivity contribution in [2.75, 3.05) is 5.75 Å². The number of nitrogens with zero attached hydrogens (tertiary/aromatic N) is 3. The van der Waals surface area contributed by atoms with E-state index < -0.39 is 11.9 Å². The van der Waals surface area contributed by atoms with Crippen LogP contribution in [-0.2, 0) is 11.2 Å². The maximum absolute atomic E-state index is 11.5. The van der Waals surface area contributed by atoms with Gasteiger partial charge in [-0.25, -0.2) is 4.79 Å². The zero-order valence-electron chi connectivity index (χ0n) is 11.7. The summed E-state index contributed by atoms with van der Waals surface area (Å²) >= 11 is 2.96. The molecule has 1 saturated carbocycles. The molecule has 0 aliphatic heterocycles. The van der Waals surface area contributed by atoms with E-state index >= 15 is 0 Å². The lowest BCUT2D eigenvalue weighted by molar-refractivity contribution is -0.117. The average molecular weight is 337 g/mol. The van der Waals surface area contributed by atoms with Gasteiger partial charge < -0.3 is 10.3 Å². The normalized spacial score (nSPS) is 14.0. The summed E-state index contributed by atoms with van der Waals surface area (Å²) in [4.78, 5) is 23.4. The van der Waals surface area contributed by atoms with Crippen molar-refractivity contribution in [1.29, 1.82) is 0 Å².